The third kappa shape index (κ3) is 3.50. The Morgan fingerprint density at radius 3 is 2.70 bits per heavy atom. The first-order valence-electron chi connectivity index (χ1n) is 5.55. The van der Waals surface area contributed by atoms with Crippen molar-refractivity contribution >= 4 is 16.0 Å². The highest BCUT2D eigenvalue weighted by molar-refractivity contribution is 7.92. The highest BCUT2D eigenvalue weighted by Crippen LogP contribution is 2.12. The molecular formula is C12H11N5O2S. The first kappa shape index (κ1) is 13.9. The average Bonchev–Trinajstić information content (AvgIpc) is 2.46. The molecule has 102 valence electrons. The van der Waals surface area contributed by atoms with Crippen molar-refractivity contribution in [3.8, 4) is 11.8 Å². The summed E-state index contributed by atoms with van der Waals surface area (Å²) in [7, 11) is -3.80. The minimum absolute atomic E-state index is 0.00838. The van der Waals surface area contributed by atoms with E-state index in [0.29, 0.717) is 5.56 Å². The van der Waals surface area contributed by atoms with Crippen LogP contribution in [-0.2, 0) is 10.0 Å². The molecule has 0 bridgehead atoms. The van der Waals surface area contributed by atoms with Gasteiger partial charge in [0, 0.05) is 30.4 Å². The molecule has 0 saturated carbocycles. The summed E-state index contributed by atoms with van der Waals surface area (Å²) in [5, 5.41) is 0. The Morgan fingerprint density at radius 2 is 2.00 bits per heavy atom. The third-order valence-corrected chi connectivity index (χ3v) is 3.44. The topological polar surface area (TPSA) is 111 Å². The fourth-order valence-electron chi connectivity index (χ4n) is 1.32. The molecule has 0 fully saturated rings. The molecule has 0 aliphatic heterocycles. The van der Waals surface area contributed by atoms with Gasteiger partial charge in [0.1, 0.15) is 4.90 Å². The van der Waals surface area contributed by atoms with Crippen LogP contribution in [0.1, 0.15) is 5.56 Å². The second-order valence-corrected chi connectivity index (χ2v) is 5.28. The lowest BCUT2D eigenvalue weighted by Crippen LogP contribution is -2.15. The molecule has 0 unspecified atom stereocenters. The molecule has 0 aliphatic rings. The van der Waals surface area contributed by atoms with Gasteiger partial charge < -0.3 is 5.73 Å². The predicted molar refractivity (Wildman–Crippen MR) is 73.0 cm³/mol. The molecule has 2 rings (SSSR count). The summed E-state index contributed by atoms with van der Waals surface area (Å²) in [4.78, 5) is 11.4. The van der Waals surface area contributed by atoms with Crippen molar-refractivity contribution in [1.29, 1.82) is 0 Å². The summed E-state index contributed by atoms with van der Waals surface area (Å²) in [6.07, 6.45) is 5.55. The van der Waals surface area contributed by atoms with E-state index >= 15 is 0 Å². The first-order chi connectivity index (χ1) is 9.62. The zero-order valence-electron chi connectivity index (χ0n) is 10.3. The van der Waals surface area contributed by atoms with E-state index in [1.165, 1.54) is 30.9 Å². The molecule has 0 spiro atoms. The van der Waals surface area contributed by atoms with Gasteiger partial charge in [-0.05, 0) is 12.1 Å². The minimum atomic E-state index is -3.80. The van der Waals surface area contributed by atoms with Gasteiger partial charge in [-0.25, -0.2) is 23.1 Å². The molecule has 0 aliphatic carbocycles. The van der Waals surface area contributed by atoms with Gasteiger partial charge in [0.2, 0.25) is 5.95 Å². The number of hydrogen-bond donors (Lipinski definition) is 2. The van der Waals surface area contributed by atoms with Gasteiger partial charge in [-0.3, -0.25) is 4.98 Å². The molecule has 2 aromatic heterocycles. The summed E-state index contributed by atoms with van der Waals surface area (Å²) >= 11 is 0. The number of aromatic nitrogens is 3. The Bertz CT molecular complexity index is 750. The Balaban J connectivity index is 2.30. The zero-order chi connectivity index (χ0) is 14.4. The lowest BCUT2D eigenvalue weighted by molar-refractivity contribution is 0.600. The summed E-state index contributed by atoms with van der Waals surface area (Å²) in [5.74, 6) is 5.34. The van der Waals surface area contributed by atoms with Crippen molar-refractivity contribution in [2.75, 3.05) is 11.3 Å². The molecule has 0 aromatic carbocycles. The quantitative estimate of drug-likeness (QED) is 0.768. The van der Waals surface area contributed by atoms with E-state index in [2.05, 4.69) is 31.5 Å². The smallest absolute Gasteiger partial charge is 0.265 e. The number of nitrogens with two attached hydrogens (primary N) is 1. The van der Waals surface area contributed by atoms with Crippen molar-refractivity contribution in [3.05, 3.63) is 42.5 Å². The van der Waals surface area contributed by atoms with E-state index in [-0.39, 0.29) is 17.4 Å². The van der Waals surface area contributed by atoms with E-state index in [1.54, 1.807) is 6.07 Å². The van der Waals surface area contributed by atoms with Crippen LogP contribution in [0.25, 0.3) is 0 Å². The second-order valence-electron chi connectivity index (χ2n) is 3.59. The van der Waals surface area contributed by atoms with Crippen molar-refractivity contribution in [2.45, 2.75) is 4.90 Å². The van der Waals surface area contributed by atoms with Gasteiger partial charge in [0.05, 0.1) is 6.54 Å². The van der Waals surface area contributed by atoms with Crippen LogP contribution in [0.4, 0.5) is 5.95 Å². The van der Waals surface area contributed by atoms with Crippen LogP contribution >= 0.6 is 0 Å². The molecule has 2 aromatic rings. The number of hydrogen-bond acceptors (Lipinski definition) is 6. The molecular weight excluding hydrogens is 278 g/mol. The maximum Gasteiger partial charge on any atom is 0.265 e. The summed E-state index contributed by atoms with van der Waals surface area (Å²) in [6.45, 7) is 0.188. The van der Waals surface area contributed by atoms with Crippen molar-refractivity contribution in [2.24, 2.45) is 5.73 Å². The van der Waals surface area contributed by atoms with Gasteiger partial charge in [-0.1, -0.05) is 11.8 Å². The molecule has 2 heterocycles. The molecule has 3 N–H and O–H groups in total. The normalized spacial score (nSPS) is 10.4. The molecule has 0 saturated heterocycles. The molecule has 0 atom stereocenters. The van der Waals surface area contributed by atoms with Crippen LogP contribution in [0.5, 0.6) is 0 Å². The van der Waals surface area contributed by atoms with Crippen LogP contribution in [-0.4, -0.2) is 29.9 Å². The molecule has 0 radical (unpaired) electrons. The SMILES string of the molecule is NCC#Cc1cncc(S(=O)(=O)Nc2ncccn2)c1. The fourth-order valence-corrected chi connectivity index (χ4v) is 2.26. The highest BCUT2D eigenvalue weighted by Gasteiger charge is 2.16. The maximum atomic E-state index is 12.1. The minimum Gasteiger partial charge on any atom is -0.320 e. The van der Waals surface area contributed by atoms with Gasteiger partial charge >= 0.3 is 0 Å². The van der Waals surface area contributed by atoms with Crippen molar-refractivity contribution < 1.29 is 8.42 Å². The average molecular weight is 289 g/mol. The Hall–Kier alpha value is -2.50. The first-order valence-corrected chi connectivity index (χ1v) is 7.04. The maximum absolute atomic E-state index is 12.1. The van der Waals surface area contributed by atoms with Crippen LogP contribution in [0.2, 0.25) is 0 Å². The van der Waals surface area contributed by atoms with E-state index < -0.39 is 10.0 Å². The monoisotopic (exact) mass is 289 g/mol. The number of nitrogens with one attached hydrogen (secondary N) is 1. The molecule has 20 heavy (non-hydrogen) atoms. The van der Waals surface area contributed by atoms with Gasteiger partial charge in [-0.2, -0.15) is 0 Å². The Kier molecular flexibility index (Phi) is 4.24. The lowest BCUT2D eigenvalue weighted by Gasteiger charge is -2.05. The highest BCUT2D eigenvalue weighted by atomic mass is 32.2. The third-order valence-electron chi connectivity index (χ3n) is 2.15. The largest absolute Gasteiger partial charge is 0.320 e. The number of nitrogens with zero attached hydrogens (tertiary/aromatic N) is 3. The lowest BCUT2D eigenvalue weighted by atomic mass is 10.3. The second kappa shape index (κ2) is 6.10. The Labute approximate surface area is 116 Å². The van der Waals surface area contributed by atoms with Gasteiger partial charge in [0.25, 0.3) is 10.0 Å². The fraction of sp³-hybridized carbons (Fsp3) is 0.0833. The number of pyridine rings is 1. The summed E-state index contributed by atoms with van der Waals surface area (Å²) in [5.41, 5.74) is 5.73. The Morgan fingerprint density at radius 1 is 1.25 bits per heavy atom. The molecule has 0 amide bonds. The molecule has 8 heteroatoms. The van der Waals surface area contributed by atoms with Gasteiger partial charge in [0.15, 0.2) is 0 Å². The summed E-state index contributed by atoms with van der Waals surface area (Å²) in [6, 6.07) is 2.99. The predicted octanol–water partition coefficient (Wildman–Crippen LogP) is -0.0174. The van der Waals surface area contributed by atoms with Crippen LogP contribution in [0.15, 0.2) is 41.8 Å². The molecule has 7 nitrogen and oxygen atoms in total. The van der Waals surface area contributed by atoms with Crippen molar-refractivity contribution in [3.63, 3.8) is 0 Å². The van der Waals surface area contributed by atoms with E-state index in [9.17, 15) is 8.42 Å². The van der Waals surface area contributed by atoms with E-state index in [0.717, 1.165) is 0 Å². The number of sulfonamides is 1. The number of anilines is 1. The van der Waals surface area contributed by atoms with Crippen LogP contribution in [0, 0.1) is 11.8 Å². The van der Waals surface area contributed by atoms with Crippen LogP contribution < -0.4 is 10.5 Å². The zero-order valence-corrected chi connectivity index (χ0v) is 11.1. The summed E-state index contributed by atoms with van der Waals surface area (Å²) < 4.78 is 26.5. The standard InChI is InChI=1S/C12H11N5O2S/c13-4-1-3-10-7-11(9-14-8-10)20(18,19)17-12-15-5-2-6-16-12/h2,5-9H,4,13H2,(H,15,16,17). The van der Waals surface area contributed by atoms with Gasteiger partial charge in [-0.15, -0.1) is 0 Å². The number of rotatable bonds is 3. The van der Waals surface area contributed by atoms with E-state index in [4.69, 9.17) is 5.73 Å². The van der Waals surface area contributed by atoms with Crippen LogP contribution in [0.3, 0.4) is 0 Å². The van der Waals surface area contributed by atoms with E-state index in [1.807, 2.05) is 0 Å². The van der Waals surface area contributed by atoms with Crippen molar-refractivity contribution in [1.82, 2.24) is 15.0 Å².